The largest absolute Gasteiger partial charge is 0.357 e. The Morgan fingerprint density at radius 3 is 2.69 bits per heavy atom. The third-order valence-electron chi connectivity index (χ3n) is 4.83. The van der Waals surface area contributed by atoms with E-state index < -0.39 is 10.0 Å². The number of sulfonamides is 1. The fourth-order valence-corrected chi connectivity index (χ4v) is 4.80. The molecule has 2 heterocycles. The molecule has 3 rings (SSSR count). The number of guanidine groups is 1. The van der Waals surface area contributed by atoms with Crippen molar-refractivity contribution in [1.29, 1.82) is 0 Å². The molecule has 1 saturated heterocycles. The zero-order valence-corrected chi connectivity index (χ0v) is 17.8. The number of aliphatic imine (C=N–C) groups is 1. The molecule has 0 spiro atoms. The van der Waals surface area contributed by atoms with E-state index in [2.05, 4.69) is 25.7 Å². The minimum Gasteiger partial charge on any atom is -0.357 e. The first-order valence-electron chi connectivity index (χ1n) is 9.95. The molecule has 10 heteroatoms. The number of nitrogens with zero attached hydrogens (tertiary/aromatic N) is 5. The maximum absolute atomic E-state index is 12.9. The van der Waals surface area contributed by atoms with E-state index in [-0.39, 0.29) is 0 Å². The molecule has 0 unspecified atom stereocenters. The molecule has 2 N–H and O–H groups in total. The van der Waals surface area contributed by atoms with Crippen molar-refractivity contribution in [3.8, 4) is 0 Å². The Kier molecular flexibility index (Phi) is 7.21. The molecule has 1 aromatic heterocycles. The summed E-state index contributed by atoms with van der Waals surface area (Å²) in [6.45, 7) is 4.77. The molecule has 0 saturated carbocycles. The number of aromatic nitrogens is 3. The van der Waals surface area contributed by atoms with Crippen LogP contribution < -0.4 is 10.6 Å². The normalized spacial score (nSPS) is 16.0. The maximum Gasteiger partial charge on any atom is 0.243 e. The summed E-state index contributed by atoms with van der Waals surface area (Å²) in [5.74, 6) is 1.44. The molecule has 2 aromatic rings. The number of piperidine rings is 1. The standard InChI is InChI=1S/C19H29N7O2S/c1-3-20-19(22-14-18-23-15-24-25(18)2)21-13-16-8-7-9-17(12-16)29(27,28)26-10-5-4-6-11-26/h7-9,12,15H,3-6,10-11,13-14H2,1-2H3,(H2,20,21,22). The van der Waals surface area contributed by atoms with Gasteiger partial charge < -0.3 is 10.6 Å². The summed E-state index contributed by atoms with van der Waals surface area (Å²) in [5, 5.41) is 10.5. The van der Waals surface area contributed by atoms with Gasteiger partial charge in [0.05, 0.1) is 18.0 Å². The Bertz CT molecular complexity index is 934. The van der Waals surface area contributed by atoms with Gasteiger partial charge in [-0.05, 0) is 37.5 Å². The maximum atomic E-state index is 12.9. The summed E-state index contributed by atoms with van der Waals surface area (Å²) in [4.78, 5) is 9.10. The second-order valence-corrected chi connectivity index (χ2v) is 8.90. The quantitative estimate of drug-likeness (QED) is 0.517. The molecule has 29 heavy (non-hydrogen) atoms. The fraction of sp³-hybridized carbons (Fsp3) is 0.526. The molecule has 9 nitrogen and oxygen atoms in total. The molecule has 1 fully saturated rings. The predicted octanol–water partition coefficient (Wildman–Crippen LogP) is 1.25. The van der Waals surface area contributed by atoms with Crippen LogP contribution in [-0.4, -0.2) is 53.1 Å². The number of aryl methyl sites for hydroxylation is 1. The molecular weight excluding hydrogens is 390 g/mol. The van der Waals surface area contributed by atoms with Gasteiger partial charge in [-0.25, -0.2) is 18.4 Å². The van der Waals surface area contributed by atoms with Crippen LogP contribution >= 0.6 is 0 Å². The summed E-state index contributed by atoms with van der Waals surface area (Å²) >= 11 is 0. The fourth-order valence-electron chi connectivity index (χ4n) is 3.21. The van der Waals surface area contributed by atoms with Gasteiger partial charge in [0.25, 0.3) is 0 Å². The molecule has 0 bridgehead atoms. The summed E-state index contributed by atoms with van der Waals surface area (Å²) < 4.78 is 29.1. The van der Waals surface area contributed by atoms with Crippen LogP contribution in [-0.2, 0) is 30.2 Å². The third kappa shape index (κ3) is 5.54. The van der Waals surface area contributed by atoms with Gasteiger partial charge in [0, 0.05) is 26.7 Å². The number of rotatable bonds is 7. The zero-order valence-electron chi connectivity index (χ0n) is 17.0. The van der Waals surface area contributed by atoms with E-state index in [0.29, 0.717) is 43.6 Å². The minimum atomic E-state index is -3.44. The number of hydrogen-bond acceptors (Lipinski definition) is 5. The number of nitrogens with one attached hydrogen (secondary N) is 2. The van der Waals surface area contributed by atoms with Gasteiger partial charge in [0.15, 0.2) is 5.96 Å². The van der Waals surface area contributed by atoms with E-state index in [1.165, 1.54) is 6.33 Å². The van der Waals surface area contributed by atoms with Crippen molar-refractivity contribution in [3.05, 3.63) is 42.0 Å². The van der Waals surface area contributed by atoms with Gasteiger partial charge in [-0.15, -0.1) is 0 Å². The van der Waals surface area contributed by atoms with Crippen LogP contribution in [0.25, 0.3) is 0 Å². The van der Waals surface area contributed by atoms with E-state index >= 15 is 0 Å². The van der Waals surface area contributed by atoms with Crippen molar-refractivity contribution in [1.82, 2.24) is 29.7 Å². The van der Waals surface area contributed by atoms with Crippen molar-refractivity contribution in [3.63, 3.8) is 0 Å². The van der Waals surface area contributed by atoms with Crippen LogP contribution in [0.1, 0.15) is 37.6 Å². The molecular formula is C19H29N7O2S. The van der Waals surface area contributed by atoms with Crippen molar-refractivity contribution < 1.29 is 8.42 Å². The molecule has 0 aliphatic carbocycles. The predicted molar refractivity (Wildman–Crippen MR) is 112 cm³/mol. The monoisotopic (exact) mass is 419 g/mol. The van der Waals surface area contributed by atoms with Gasteiger partial charge in [0.2, 0.25) is 10.0 Å². The van der Waals surface area contributed by atoms with E-state index in [9.17, 15) is 8.42 Å². The van der Waals surface area contributed by atoms with Crippen LogP contribution in [0.4, 0.5) is 0 Å². The van der Waals surface area contributed by atoms with Gasteiger partial charge >= 0.3 is 0 Å². The molecule has 0 atom stereocenters. The van der Waals surface area contributed by atoms with Gasteiger partial charge in [0.1, 0.15) is 12.2 Å². The highest BCUT2D eigenvalue weighted by Crippen LogP contribution is 2.21. The molecule has 1 aliphatic rings. The minimum absolute atomic E-state index is 0.337. The molecule has 158 valence electrons. The van der Waals surface area contributed by atoms with Gasteiger partial charge in [-0.1, -0.05) is 18.6 Å². The smallest absolute Gasteiger partial charge is 0.243 e. The zero-order chi connectivity index (χ0) is 20.7. The van der Waals surface area contributed by atoms with Crippen molar-refractivity contribution in [2.24, 2.45) is 12.0 Å². The average molecular weight is 420 g/mol. The molecule has 0 amide bonds. The lowest BCUT2D eigenvalue weighted by Gasteiger charge is -2.26. The first kappa shape index (κ1) is 21.3. The first-order valence-corrected chi connectivity index (χ1v) is 11.4. The summed E-state index contributed by atoms with van der Waals surface area (Å²) in [7, 11) is -1.61. The topological polar surface area (TPSA) is 105 Å². The Balaban J connectivity index is 1.69. The Morgan fingerprint density at radius 1 is 1.21 bits per heavy atom. The highest BCUT2D eigenvalue weighted by Gasteiger charge is 2.25. The SMILES string of the molecule is CCNC(=NCc1cccc(S(=O)(=O)N2CCCCC2)c1)NCc1ncnn1C. The van der Waals surface area contributed by atoms with E-state index in [1.54, 1.807) is 27.2 Å². The lowest BCUT2D eigenvalue weighted by atomic mass is 10.2. The molecule has 1 aromatic carbocycles. The van der Waals surface area contributed by atoms with Crippen LogP contribution in [0, 0.1) is 0 Å². The first-order chi connectivity index (χ1) is 14.0. The highest BCUT2D eigenvalue weighted by molar-refractivity contribution is 7.89. The van der Waals surface area contributed by atoms with E-state index in [4.69, 9.17) is 0 Å². The second-order valence-electron chi connectivity index (χ2n) is 6.96. The van der Waals surface area contributed by atoms with Gasteiger partial charge in [-0.3, -0.25) is 4.68 Å². The lowest BCUT2D eigenvalue weighted by molar-refractivity contribution is 0.346. The van der Waals surface area contributed by atoms with Crippen LogP contribution in [0.15, 0.2) is 40.5 Å². The number of hydrogen-bond donors (Lipinski definition) is 2. The number of benzene rings is 1. The summed E-state index contributed by atoms with van der Waals surface area (Å²) in [6.07, 6.45) is 4.45. The van der Waals surface area contributed by atoms with Crippen molar-refractivity contribution >= 4 is 16.0 Å². The third-order valence-corrected chi connectivity index (χ3v) is 6.73. The van der Waals surface area contributed by atoms with Crippen molar-refractivity contribution in [2.75, 3.05) is 19.6 Å². The second kappa shape index (κ2) is 9.84. The lowest BCUT2D eigenvalue weighted by Crippen LogP contribution is -2.37. The van der Waals surface area contributed by atoms with E-state index in [1.807, 2.05) is 20.0 Å². The summed E-state index contributed by atoms with van der Waals surface area (Å²) in [6, 6.07) is 7.06. The molecule has 1 aliphatic heterocycles. The molecule has 0 radical (unpaired) electrons. The average Bonchev–Trinajstić information content (AvgIpc) is 3.15. The Morgan fingerprint density at radius 2 is 2.00 bits per heavy atom. The Hall–Kier alpha value is -2.46. The highest BCUT2D eigenvalue weighted by atomic mass is 32.2. The van der Waals surface area contributed by atoms with E-state index in [0.717, 1.165) is 30.7 Å². The Labute approximate surface area is 172 Å². The van der Waals surface area contributed by atoms with Crippen LogP contribution in [0.3, 0.4) is 0 Å². The summed E-state index contributed by atoms with van der Waals surface area (Å²) in [5.41, 5.74) is 0.846. The van der Waals surface area contributed by atoms with Crippen LogP contribution in [0.2, 0.25) is 0 Å². The van der Waals surface area contributed by atoms with Crippen LogP contribution in [0.5, 0.6) is 0 Å². The van der Waals surface area contributed by atoms with Gasteiger partial charge in [-0.2, -0.15) is 9.40 Å². The van der Waals surface area contributed by atoms with Crippen molar-refractivity contribution in [2.45, 2.75) is 44.2 Å².